The molecular weight excluding hydrogens is 388 g/mol. The highest BCUT2D eigenvalue weighted by molar-refractivity contribution is 5.36. The summed E-state index contributed by atoms with van der Waals surface area (Å²) >= 11 is 0. The van der Waals surface area contributed by atoms with Crippen LogP contribution in [0.15, 0.2) is 18.2 Å². The summed E-state index contributed by atoms with van der Waals surface area (Å²) in [6, 6.07) is 6.88. The van der Waals surface area contributed by atoms with Crippen molar-refractivity contribution in [3.8, 4) is 0 Å². The van der Waals surface area contributed by atoms with E-state index in [9.17, 15) is 10.2 Å². The minimum atomic E-state index is -0.252. The Kier molecular flexibility index (Phi) is 12.9. The molecule has 0 saturated carbocycles. The van der Waals surface area contributed by atoms with Crippen molar-refractivity contribution in [3.63, 3.8) is 0 Å². The molecule has 0 bridgehead atoms. The summed E-state index contributed by atoms with van der Waals surface area (Å²) in [7, 11) is 0. The van der Waals surface area contributed by atoms with Gasteiger partial charge in [-0.15, -0.1) is 0 Å². The molecule has 0 amide bonds. The molecule has 0 saturated heterocycles. The van der Waals surface area contributed by atoms with Gasteiger partial charge in [-0.05, 0) is 80.4 Å². The highest BCUT2D eigenvalue weighted by Crippen LogP contribution is 2.34. The van der Waals surface area contributed by atoms with Gasteiger partial charge in [0, 0.05) is 18.6 Å². The number of ether oxygens (including phenoxy) is 1. The van der Waals surface area contributed by atoms with Crippen molar-refractivity contribution in [3.05, 3.63) is 34.9 Å². The van der Waals surface area contributed by atoms with Gasteiger partial charge in [0.05, 0.1) is 18.8 Å². The van der Waals surface area contributed by atoms with E-state index in [2.05, 4.69) is 59.7 Å². The fourth-order valence-electron chi connectivity index (χ4n) is 4.42. The van der Waals surface area contributed by atoms with Crippen molar-refractivity contribution in [1.82, 2.24) is 0 Å². The van der Waals surface area contributed by atoms with E-state index in [0.29, 0.717) is 18.9 Å². The van der Waals surface area contributed by atoms with Crippen LogP contribution in [0.2, 0.25) is 0 Å². The fourth-order valence-corrected chi connectivity index (χ4v) is 4.42. The van der Waals surface area contributed by atoms with E-state index in [1.165, 1.54) is 16.7 Å². The normalized spacial score (nSPS) is 15.3. The van der Waals surface area contributed by atoms with Crippen molar-refractivity contribution in [2.75, 3.05) is 19.8 Å². The number of hydrogen-bond acceptors (Lipinski definition) is 4. The number of aliphatic hydroxyl groups is 3. The Morgan fingerprint density at radius 3 is 2.16 bits per heavy atom. The maximum absolute atomic E-state index is 10.2. The van der Waals surface area contributed by atoms with E-state index in [1.807, 2.05) is 0 Å². The molecule has 0 spiro atoms. The molecule has 0 aliphatic rings. The SMILES string of the molecule is CCc1cc(C(CC)(CC)COC(C)CC(CO)CCO)ccc1CCC(O)C(C)C. The molecule has 4 heteroatoms. The number of aliphatic hydroxyl groups excluding tert-OH is 3. The summed E-state index contributed by atoms with van der Waals surface area (Å²) in [4.78, 5) is 0. The lowest BCUT2D eigenvalue weighted by Crippen LogP contribution is -2.33. The molecule has 4 nitrogen and oxygen atoms in total. The van der Waals surface area contributed by atoms with Gasteiger partial charge >= 0.3 is 0 Å². The van der Waals surface area contributed by atoms with Crippen molar-refractivity contribution in [1.29, 1.82) is 0 Å². The van der Waals surface area contributed by atoms with Crippen molar-refractivity contribution < 1.29 is 20.1 Å². The average molecular weight is 437 g/mol. The molecule has 31 heavy (non-hydrogen) atoms. The molecule has 180 valence electrons. The number of aryl methyl sites for hydroxylation is 2. The van der Waals surface area contributed by atoms with Crippen molar-refractivity contribution >= 4 is 0 Å². The molecule has 1 aromatic carbocycles. The molecule has 3 N–H and O–H groups in total. The zero-order valence-corrected chi connectivity index (χ0v) is 20.9. The molecule has 0 aliphatic carbocycles. The number of rotatable bonds is 16. The second-order valence-corrected chi connectivity index (χ2v) is 9.59. The first kappa shape index (κ1) is 28.1. The van der Waals surface area contributed by atoms with Gasteiger partial charge in [0.2, 0.25) is 0 Å². The Bertz CT molecular complexity index is 609. The summed E-state index contributed by atoms with van der Waals surface area (Å²) < 4.78 is 6.31. The smallest absolute Gasteiger partial charge is 0.0566 e. The van der Waals surface area contributed by atoms with Gasteiger partial charge in [0.15, 0.2) is 0 Å². The summed E-state index contributed by atoms with van der Waals surface area (Å²) in [6.07, 6.45) is 5.88. The first-order chi connectivity index (χ1) is 14.8. The third-order valence-corrected chi connectivity index (χ3v) is 7.14. The van der Waals surface area contributed by atoms with Gasteiger partial charge in [-0.3, -0.25) is 0 Å². The van der Waals surface area contributed by atoms with Crippen LogP contribution in [0.25, 0.3) is 0 Å². The van der Waals surface area contributed by atoms with Gasteiger partial charge in [0.1, 0.15) is 0 Å². The number of benzene rings is 1. The Hall–Kier alpha value is -0.940. The molecule has 0 radical (unpaired) electrons. The molecule has 3 unspecified atom stereocenters. The molecule has 0 heterocycles. The Morgan fingerprint density at radius 2 is 1.65 bits per heavy atom. The lowest BCUT2D eigenvalue weighted by atomic mass is 9.75. The van der Waals surface area contributed by atoms with Crippen LogP contribution in [0.5, 0.6) is 0 Å². The summed E-state index contributed by atoms with van der Waals surface area (Å²) in [5, 5.41) is 28.9. The third kappa shape index (κ3) is 8.49. The molecular formula is C27H48O4. The molecule has 1 rings (SSSR count). The van der Waals surface area contributed by atoms with Crippen LogP contribution < -0.4 is 0 Å². The molecule has 0 aliphatic heterocycles. The molecule has 0 aromatic heterocycles. The minimum absolute atomic E-state index is 0.0279. The third-order valence-electron chi connectivity index (χ3n) is 7.14. The van der Waals surface area contributed by atoms with Crippen LogP contribution in [0.3, 0.4) is 0 Å². The highest BCUT2D eigenvalue weighted by atomic mass is 16.5. The van der Waals surface area contributed by atoms with E-state index >= 15 is 0 Å². The van der Waals surface area contributed by atoms with Gasteiger partial charge in [-0.25, -0.2) is 0 Å². The lowest BCUT2D eigenvalue weighted by Gasteiger charge is -2.34. The van der Waals surface area contributed by atoms with E-state index in [0.717, 1.165) is 38.5 Å². The van der Waals surface area contributed by atoms with Crippen LogP contribution in [0.4, 0.5) is 0 Å². The second-order valence-electron chi connectivity index (χ2n) is 9.59. The summed E-state index contributed by atoms with van der Waals surface area (Å²) in [5.41, 5.74) is 4.02. The summed E-state index contributed by atoms with van der Waals surface area (Å²) in [5.74, 6) is 0.379. The van der Waals surface area contributed by atoms with Crippen LogP contribution in [-0.2, 0) is 23.0 Å². The molecule has 0 fully saturated rings. The highest BCUT2D eigenvalue weighted by Gasteiger charge is 2.30. The standard InChI is InChI=1S/C27H48O4/c1-7-23-17-25(12-10-24(23)11-13-26(30)20(4)5)27(8-2,9-3)19-31-21(6)16-22(18-29)14-15-28/h10,12,17,20-22,26,28-30H,7-9,11,13-16,18-19H2,1-6H3. The molecule has 3 atom stereocenters. The average Bonchev–Trinajstić information content (AvgIpc) is 2.78. The van der Waals surface area contributed by atoms with Crippen LogP contribution >= 0.6 is 0 Å². The van der Waals surface area contributed by atoms with Crippen molar-refractivity contribution in [2.45, 2.75) is 104 Å². The lowest BCUT2D eigenvalue weighted by molar-refractivity contribution is 0.00426. The topological polar surface area (TPSA) is 69.9 Å². The monoisotopic (exact) mass is 436 g/mol. The van der Waals surface area contributed by atoms with Gasteiger partial charge < -0.3 is 20.1 Å². The molecule has 1 aromatic rings. The van der Waals surface area contributed by atoms with Crippen LogP contribution in [-0.4, -0.2) is 47.3 Å². The van der Waals surface area contributed by atoms with Crippen molar-refractivity contribution in [2.24, 2.45) is 11.8 Å². The maximum atomic E-state index is 10.2. The first-order valence-corrected chi connectivity index (χ1v) is 12.4. The zero-order valence-electron chi connectivity index (χ0n) is 20.9. The summed E-state index contributed by atoms with van der Waals surface area (Å²) in [6.45, 7) is 13.7. The van der Waals surface area contributed by atoms with E-state index < -0.39 is 0 Å². The quantitative estimate of drug-likeness (QED) is 0.339. The van der Waals surface area contributed by atoms with Gasteiger partial charge in [-0.1, -0.05) is 52.8 Å². The predicted octanol–water partition coefficient (Wildman–Crippen LogP) is 5.04. The fraction of sp³-hybridized carbons (Fsp3) is 0.778. The predicted molar refractivity (Wildman–Crippen MR) is 130 cm³/mol. The minimum Gasteiger partial charge on any atom is -0.396 e. The van der Waals surface area contributed by atoms with Crippen LogP contribution in [0, 0.1) is 11.8 Å². The first-order valence-electron chi connectivity index (χ1n) is 12.4. The number of hydrogen-bond donors (Lipinski definition) is 3. The Labute approximate surface area is 191 Å². The van der Waals surface area contributed by atoms with Crippen LogP contribution in [0.1, 0.15) is 90.3 Å². The van der Waals surface area contributed by atoms with E-state index in [4.69, 9.17) is 9.84 Å². The van der Waals surface area contributed by atoms with Gasteiger partial charge in [-0.2, -0.15) is 0 Å². The largest absolute Gasteiger partial charge is 0.396 e. The Morgan fingerprint density at radius 1 is 0.968 bits per heavy atom. The van der Waals surface area contributed by atoms with E-state index in [-0.39, 0.29) is 36.8 Å². The van der Waals surface area contributed by atoms with E-state index in [1.54, 1.807) is 0 Å². The zero-order chi connectivity index (χ0) is 23.4. The second kappa shape index (κ2) is 14.3. The maximum Gasteiger partial charge on any atom is 0.0566 e. The Balaban J connectivity index is 2.94. The van der Waals surface area contributed by atoms with Gasteiger partial charge in [0.25, 0.3) is 0 Å².